The van der Waals surface area contributed by atoms with Gasteiger partial charge in [0.25, 0.3) is 0 Å². The highest BCUT2D eigenvalue weighted by molar-refractivity contribution is 7.12. The molecule has 1 spiro atoms. The van der Waals surface area contributed by atoms with Crippen LogP contribution in [0.5, 0.6) is 0 Å². The van der Waals surface area contributed by atoms with E-state index < -0.39 is 0 Å². The molecule has 1 aliphatic heterocycles. The smallest absolute Gasteiger partial charge is 0.104 e. The predicted molar refractivity (Wildman–Crippen MR) is 80.8 cm³/mol. The van der Waals surface area contributed by atoms with Gasteiger partial charge in [-0.05, 0) is 37.3 Å². The van der Waals surface area contributed by atoms with Gasteiger partial charge in [0.05, 0.1) is 6.61 Å². The van der Waals surface area contributed by atoms with Gasteiger partial charge in [-0.2, -0.15) is 0 Å². The third kappa shape index (κ3) is 2.88. The molecule has 1 aromatic rings. The molecule has 1 aromatic heterocycles. The first kappa shape index (κ1) is 13.6. The highest BCUT2D eigenvalue weighted by Gasteiger charge is 2.39. The van der Waals surface area contributed by atoms with Crippen LogP contribution in [0, 0.1) is 5.92 Å². The quantitative estimate of drug-likeness (QED) is 0.886. The molecule has 3 rings (SSSR count). The second kappa shape index (κ2) is 5.55. The van der Waals surface area contributed by atoms with Gasteiger partial charge < -0.3 is 10.1 Å². The Balaban J connectivity index is 1.62. The molecule has 106 valence electrons. The van der Waals surface area contributed by atoms with Gasteiger partial charge in [0.15, 0.2) is 0 Å². The van der Waals surface area contributed by atoms with E-state index in [9.17, 15) is 0 Å². The molecular formula is C16H25NOS. The second-order valence-electron chi connectivity index (χ2n) is 6.32. The average Bonchev–Trinajstić information content (AvgIpc) is 2.88. The van der Waals surface area contributed by atoms with Crippen molar-refractivity contribution in [3.8, 4) is 0 Å². The van der Waals surface area contributed by atoms with Crippen LogP contribution in [0.4, 0.5) is 0 Å². The Labute approximate surface area is 120 Å². The lowest BCUT2D eigenvalue weighted by Gasteiger charge is -2.45. The second-order valence-corrected chi connectivity index (χ2v) is 7.52. The standard InChI is InChI=1S/C16H25NOS/c1-3-13-6-7-15(19-13)14-10-17-16(11-18-14)8-4-5-12(2)9-16/h6-7,12,14,17H,3-5,8-11H2,1-2H3. The van der Waals surface area contributed by atoms with E-state index in [0.717, 1.165) is 25.5 Å². The third-order valence-corrected chi connectivity index (χ3v) is 5.98. The van der Waals surface area contributed by atoms with Crippen LogP contribution in [-0.4, -0.2) is 18.7 Å². The van der Waals surface area contributed by atoms with Crippen molar-refractivity contribution in [3.05, 3.63) is 21.9 Å². The Morgan fingerprint density at radius 3 is 3.00 bits per heavy atom. The Morgan fingerprint density at radius 2 is 2.37 bits per heavy atom. The number of morpholine rings is 1. The molecule has 2 fully saturated rings. The van der Waals surface area contributed by atoms with Crippen molar-refractivity contribution in [2.45, 2.75) is 57.6 Å². The number of ether oxygens (including phenoxy) is 1. The predicted octanol–water partition coefficient (Wildman–Crippen LogP) is 3.92. The van der Waals surface area contributed by atoms with Crippen molar-refractivity contribution in [2.24, 2.45) is 5.92 Å². The molecule has 1 saturated heterocycles. The van der Waals surface area contributed by atoms with Gasteiger partial charge in [-0.15, -0.1) is 11.3 Å². The van der Waals surface area contributed by atoms with E-state index in [0.29, 0.717) is 0 Å². The lowest BCUT2D eigenvalue weighted by Crippen LogP contribution is -2.56. The summed E-state index contributed by atoms with van der Waals surface area (Å²) in [5.41, 5.74) is 0.277. The first-order valence-corrected chi connectivity index (χ1v) is 8.48. The maximum atomic E-state index is 6.21. The van der Waals surface area contributed by atoms with Crippen LogP contribution < -0.4 is 5.32 Å². The molecule has 0 radical (unpaired) electrons. The normalized spacial score (nSPS) is 35.7. The van der Waals surface area contributed by atoms with E-state index in [2.05, 4.69) is 31.3 Å². The average molecular weight is 279 g/mol. The molecule has 19 heavy (non-hydrogen) atoms. The van der Waals surface area contributed by atoms with Gasteiger partial charge in [-0.25, -0.2) is 0 Å². The van der Waals surface area contributed by atoms with Gasteiger partial charge in [-0.3, -0.25) is 0 Å². The molecular weight excluding hydrogens is 254 g/mol. The van der Waals surface area contributed by atoms with Crippen LogP contribution in [0.15, 0.2) is 12.1 Å². The van der Waals surface area contributed by atoms with Crippen molar-refractivity contribution >= 4 is 11.3 Å². The highest BCUT2D eigenvalue weighted by atomic mass is 32.1. The van der Waals surface area contributed by atoms with E-state index in [1.54, 1.807) is 0 Å². The highest BCUT2D eigenvalue weighted by Crippen LogP contribution is 2.37. The van der Waals surface area contributed by atoms with Crippen molar-refractivity contribution in [1.82, 2.24) is 5.32 Å². The summed E-state index contributed by atoms with van der Waals surface area (Å²) in [5, 5.41) is 3.82. The molecule has 1 N–H and O–H groups in total. The zero-order valence-electron chi connectivity index (χ0n) is 12.1. The molecule has 0 amide bonds. The van der Waals surface area contributed by atoms with E-state index in [1.807, 2.05) is 11.3 Å². The zero-order chi connectivity index (χ0) is 13.3. The van der Waals surface area contributed by atoms with Crippen LogP contribution >= 0.6 is 11.3 Å². The topological polar surface area (TPSA) is 21.3 Å². The minimum Gasteiger partial charge on any atom is -0.369 e. The summed E-state index contributed by atoms with van der Waals surface area (Å²) in [6, 6.07) is 4.49. The maximum Gasteiger partial charge on any atom is 0.104 e. The summed E-state index contributed by atoms with van der Waals surface area (Å²) < 4.78 is 6.21. The van der Waals surface area contributed by atoms with Gasteiger partial charge in [0.2, 0.25) is 0 Å². The number of nitrogens with one attached hydrogen (secondary N) is 1. The van der Waals surface area contributed by atoms with Crippen LogP contribution in [-0.2, 0) is 11.2 Å². The van der Waals surface area contributed by atoms with E-state index in [4.69, 9.17) is 4.74 Å². The van der Waals surface area contributed by atoms with E-state index >= 15 is 0 Å². The first-order valence-electron chi connectivity index (χ1n) is 7.66. The zero-order valence-corrected chi connectivity index (χ0v) is 12.9. The summed E-state index contributed by atoms with van der Waals surface area (Å²) in [6.07, 6.45) is 6.71. The monoisotopic (exact) mass is 279 g/mol. The maximum absolute atomic E-state index is 6.21. The molecule has 0 aromatic carbocycles. The van der Waals surface area contributed by atoms with Crippen LogP contribution in [0.1, 0.15) is 55.4 Å². The summed E-state index contributed by atoms with van der Waals surface area (Å²) >= 11 is 1.91. The van der Waals surface area contributed by atoms with Gasteiger partial charge in [0.1, 0.15) is 6.10 Å². The summed E-state index contributed by atoms with van der Waals surface area (Å²) in [7, 11) is 0. The van der Waals surface area contributed by atoms with E-state index in [1.165, 1.54) is 35.4 Å². The fourth-order valence-corrected chi connectivity index (χ4v) is 4.57. The fourth-order valence-electron chi connectivity index (χ4n) is 3.57. The van der Waals surface area contributed by atoms with Crippen molar-refractivity contribution in [2.75, 3.05) is 13.2 Å². The van der Waals surface area contributed by atoms with Crippen molar-refractivity contribution in [1.29, 1.82) is 0 Å². The number of thiophene rings is 1. The molecule has 2 aliphatic rings. The minimum atomic E-state index is 0.271. The summed E-state index contributed by atoms with van der Waals surface area (Å²) in [4.78, 5) is 2.85. The lowest BCUT2D eigenvalue weighted by atomic mass is 9.76. The molecule has 1 saturated carbocycles. The Hall–Kier alpha value is -0.380. The van der Waals surface area contributed by atoms with E-state index in [-0.39, 0.29) is 11.6 Å². The Morgan fingerprint density at radius 1 is 1.47 bits per heavy atom. The summed E-state index contributed by atoms with van der Waals surface area (Å²) in [5.74, 6) is 0.842. The molecule has 3 unspecified atom stereocenters. The van der Waals surface area contributed by atoms with Crippen LogP contribution in [0.3, 0.4) is 0 Å². The van der Waals surface area contributed by atoms with Gasteiger partial charge in [-0.1, -0.05) is 26.7 Å². The van der Waals surface area contributed by atoms with Crippen LogP contribution in [0.2, 0.25) is 0 Å². The van der Waals surface area contributed by atoms with Crippen LogP contribution in [0.25, 0.3) is 0 Å². The number of hydrogen-bond donors (Lipinski definition) is 1. The number of aryl methyl sites for hydroxylation is 1. The van der Waals surface area contributed by atoms with Crippen molar-refractivity contribution < 1.29 is 4.74 Å². The largest absolute Gasteiger partial charge is 0.369 e. The molecule has 0 bridgehead atoms. The summed E-state index contributed by atoms with van der Waals surface area (Å²) in [6.45, 7) is 6.47. The lowest BCUT2D eigenvalue weighted by molar-refractivity contribution is -0.0512. The van der Waals surface area contributed by atoms with Gasteiger partial charge in [0, 0.05) is 21.8 Å². The molecule has 2 nitrogen and oxygen atoms in total. The third-order valence-electron chi connectivity index (χ3n) is 4.66. The fraction of sp³-hybridized carbons (Fsp3) is 0.750. The SMILES string of the molecule is CCc1ccc(C2CNC3(CCCC(C)C3)CO2)s1. The number of hydrogen-bond acceptors (Lipinski definition) is 3. The molecule has 2 heterocycles. The van der Waals surface area contributed by atoms with Crippen molar-refractivity contribution in [3.63, 3.8) is 0 Å². The Bertz CT molecular complexity index is 420. The molecule has 1 aliphatic carbocycles. The minimum absolute atomic E-state index is 0.271. The molecule has 3 heteroatoms. The van der Waals surface area contributed by atoms with Gasteiger partial charge >= 0.3 is 0 Å². The molecule has 3 atom stereocenters. The number of rotatable bonds is 2. The Kier molecular flexibility index (Phi) is 3.97. The first-order chi connectivity index (χ1) is 9.21.